The van der Waals surface area contributed by atoms with E-state index in [9.17, 15) is 0 Å². The average molecular weight is 349 g/mol. The van der Waals surface area contributed by atoms with E-state index in [0.717, 1.165) is 35.1 Å². The Hall–Kier alpha value is -0.0600. The molecular formula is C14H23BrClN3. The van der Waals surface area contributed by atoms with Crippen LogP contribution in [0.15, 0.2) is 4.47 Å². The van der Waals surface area contributed by atoms with Crippen LogP contribution in [0.1, 0.15) is 37.1 Å². The third-order valence-corrected chi connectivity index (χ3v) is 5.65. The Labute approximate surface area is 129 Å². The van der Waals surface area contributed by atoms with Gasteiger partial charge in [-0.25, -0.2) is 0 Å². The Morgan fingerprint density at radius 2 is 2.05 bits per heavy atom. The standard InChI is InChI=1S/C14H23BrClN3/c1-10-14(15)13(19(2)18-10)9-17-8-12-6-4-3-5-11(12)7-16/h11-12,17H,3-9H2,1-2H3. The molecule has 0 saturated heterocycles. The summed E-state index contributed by atoms with van der Waals surface area (Å²) >= 11 is 9.68. The number of aryl methyl sites for hydroxylation is 2. The van der Waals surface area contributed by atoms with Crippen molar-refractivity contribution in [1.29, 1.82) is 0 Å². The second-order valence-electron chi connectivity index (χ2n) is 5.56. The molecular weight excluding hydrogens is 326 g/mol. The van der Waals surface area contributed by atoms with E-state index in [1.54, 1.807) is 0 Å². The van der Waals surface area contributed by atoms with E-state index in [4.69, 9.17) is 11.6 Å². The smallest absolute Gasteiger partial charge is 0.0739 e. The van der Waals surface area contributed by atoms with Crippen LogP contribution in [0, 0.1) is 18.8 Å². The lowest BCUT2D eigenvalue weighted by atomic mass is 9.80. The van der Waals surface area contributed by atoms with Crippen molar-refractivity contribution in [2.75, 3.05) is 12.4 Å². The lowest BCUT2D eigenvalue weighted by molar-refractivity contribution is 0.250. The normalized spacial score (nSPS) is 23.8. The lowest BCUT2D eigenvalue weighted by Gasteiger charge is -2.30. The first-order valence-electron chi connectivity index (χ1n) is 7.08. The van der Waals surface area contributed by atoms with Crippen LogP contribution in [-0.4, -0.2) is 22.2 Å². The van der Waals surface area contributed by atoms with Crippen molar-refractivity contribution in [3.05, 3.63) is 15.9 Å². The summed E-state index contributed by atoms with van der Waals surface area (Å²) in [6.45, 7) is 3.95. The number of nitrogens with one attached hydrogen (secondary N) is 1. The molecule has 1 aromatic heterocycles. The molecule has 1 aliphatic carbocycles. The lowest BCUT2D eigenvalue weighted by Crippen LogP contribution is -2.31. The van der Waals surface area contributed by atoms with Crippen molar-refractivity contribution < 1.29 is 0 Å². The van der Waals surface area contributed by atoms with Crippen LogP contribution >= 0.6 is 27.5 Å². The van der Waals surface area contributed by atoms with Crippen LogP contribution in [0.2, 0.25) is 0 Å². The number of halogens is 2. The molecule has 1 aromatic rings. The summed E-state index contributed by atoms with van der Waals surface area (Å²) in [4.78, 5) is 0. The molecule has 2 rings (SSSR count). The Morgan fingerprint density at radius 3 is 2.63 bits per heavy atom. The Balaban J connectivity index is 1.85. The maximum Gasteiger partial charge on any atom is 0.0739 e. The fourth-order valence-corrected chi connectivity index (χ4v) is 3.89. The third kappa shape index (κ3) is 3.73. The van der Waals surface area contributed by atoms with Crippen molar-refractivity contribution >= 4 is 27.5 Å². The van der Waals surface area contributed by atoms with E-state index in [1.807, 2.05) is 18.7 Å². The molecule has 0 bridgehead atoms. The molecule has 0 amide bonds. The molecule has 2 unspecified atom stereocenters. The van der Waals surface area contributed by atoms with E-state index in [0.29, 0.717) is 5.92 Å². The minimum absolute atomic E-state index is 0.694. The van der Waals surface area contributed by atoms with Gasteiger partial charge in [0, 0.05) is 19.5 Å². The quantitative estimate of drug-likeness (QED) is 0.824. The van der Waals surface area contributed by atoms with E-state index < -0.39 is 0 Å². The molecule has 3 nitrogen and oxygen atoms in total. The maximum absolute atomic E-state index is 6.08. The number of hydrogen-bond acceptors (Lipinski definition) is 2. The van der Waals surface area contributed by atoms with Crippen LogP contribution in [-0.2, 0) is 13.6 Å². The molecule has 0 aromatic carbocycles. The summed E-state index contributed by atoms with van der Waals surface area (Å²) in [5.41, 5.74) is 2.27. The Kier molecular flexibility index (Phi) is 5.72. The van der Waals surface area contributed by atoms with Gasteiger partial charge in [0.05, 0.1) is 15.9 Å². The predicted molar refractivity (Wildman–Crippen MR) is 83.5 cm³/mol. The summed E-state index contributed by atoms with van der Waals surface area (Å²) in [5.74, 6) is 2.24. The highest BCUT2D eigenvalue weighted by atomic mass is 79.9. The molecule has 5 heteroatoms. The van der Waals surface area contributed by atoms with Gasteiger partial charge in [-0.2, -0.15) is 5.10 Å². The second-order valence-corrected chi connectivity index (χ2v) is 6.66. The molecule has 108 valence electrons. The van der Waals surface area contributed by atoms with Crippen LogP contribution < -0.4 is 5.32 Å². The van der Waals surface area contributed by atoms with E-state index in [-0.39, 0.29) is 0 Å². The van der Waals surface area contributed by atoms with E-state index >= 15 is 0 Å². The van der Waals surface area contributed by atoms with Gasteiger partial charge < -0.3 is 5.32 Å². The highest BCUT2D eigenvalue weighted by Crippen LogP contribution is 2.30. The van der Waals surface area contributed by atoms with Gasteiger partial charge in [-0.05, 0) is 54.1 Å². The molecule has 19 heavy (non-hydrogen) atoms. The molecule has 2 atom stereocenters. The van der Waals surface area contributed by atoms with Crippen molar-refractivity contribution in [1.82, 2.24) is 15.1 Å². The zero-order valence-electron chi connectivity index (χ0n) is 11.8. The van der Waals surface area contributed by atoms with Gasteiger partial charge in [0.15, 0.2) is 0 Å². The van der Waals surface area contributed by atoms with Crippen molar-refractivity contribution in [3.8, 4) is 0 Å². The van der Waals surface area contributed by atoms with Gasteiger partial charge in [0.1, 0.15) is 0 Å². The zero-order chi connectivity index (χ0) is 13.8. The summed E-state index contributed by atoms with van der Waals surface area (Å²) in [7, 11) is 2.00. The summed E-state index contributed by atoms with van der Waals surface area (Å²) in [5, 5.41) is 8.00. The predicted octanol–water partition coefficient (Wildman–Crippen LogP) is 3.63. The zero-order valence-corrected chi connectivity index (χ0v) is 14.1. The summed E-state index contributed by atoms with van der Waals surface area (Å²) in [6, 6.07) is 0. The van der Waals surface area contributed by atoms with Crippen molar-refractivity contribution in [3.63, 3.8) is 0 Å². The highest BCUT2D eigenvalue weighted by Gasteiger charge is 2.24. The number of aromatic nitrogens is 2. The molecule has 1 fully saturated rings. The molecule has 0 radical (unpaired) electrons. The molecule has 1 saturated carbocycles. The topological polar surface area (TPSA) is 29.9 Å². The summed E-state index contributed by atoms with van der Waals surface area (Å²) in [6.07, 6.45) is 5.31. The van der Waals surface area contributed by atoms with E-state index in [1.165, 1.54) is 31.4 Å². The van der Waals surface area contributed by atoms with Crippen LogP contribution in [0.5, 0.6) is 0 Å². The fourth-order valence-electron chi connectivity index (χ4n) is 3.00. The number of nitrogens with zero attached hydrogens (tertiary/aromatic N) is 2. The van der Waals surface area contributed by atoms with Crippen molar-refractivity contribution in [2.45, 2.75) is 39.2 Å². The van der Waals surface area contributed by atoms with Gasteiger partial charge in [0.25, 0.3) is 0 Å². The number of hydrogen-bond donors (Lipinski definition) is 1. The fraction of sp³-hybridized carbons (Fsp3) is 0.786. The van der Waals surface area contributed by atoms with Gasteiger partial charge in [-0.15, -0.1) is 11.6 Å². The SMILES string of the molecule is Cc1nn(C)c(CNCC2CCCCC2CCl)c1Br. The first kappa shape index (κ1) is 15.3. The third-order valence-electron chi connectivity index (χ3n) is 4.23. The van der Waals surface area contributed by atoms with Crippen LogP contribution in [0.25, 0.3) is 0 Å². The molecule has 1 N–H and O–H groups in total. The first-order valence-corrected chi connectivity index (χ1v) is 8.41. The van der Waals surface area contributed by atoms with Gasteiger partial charge >= 0.3 is 0 Å². The first-order chi connectivity index (χ1) is 9.13. The van der Waals surface area contributed by atoms with Crippen LogP contribution in [0.4, 0.5) is 0 Å². The van der Waals surface area contributed by atoms with Crippen molar-refractivity contribution in [2.24, 2.45) is 18.9 Å². The van der Waals surface area contributed by atoms with Gasteiger partial charge in [-0.3, -0.25) is 4.68 Å². The van der Waals surface area contributed by atoms with Gasteiger partial charge in [-0.1, -0.05) is 12.8 Å². The maximum atomic E-state index is 6.08. The minimum atomic E-state index is 0.694. The van der Waals surface area contributed by atoms with Gasteiger partial charge in [0.2, 0.25) is 0 Å². The number of alkyl halides is 1. The molecule has 1 aliphatic rings. The average Bonchev–Trinajstić information content (AvgIpc) is 2.65. The highest BCUT2D eigenvalue weighted by molar-refractivity contribution is 9.10. The monoisotopic (exact) mass is 347 g/mol. The Morgan fingerprint density at radius 1 is 1.37 bits per heavy atom. The number of rotatable bonds is 5. The van der Waals surface area contributed by atoms with Crippen LogP contribution in [0.3, 0.4) is 0 Å². The van der Waals surface area contributed by atoms with E-state index in [2.05, 4.69) is 26.3 Å². The largest absolute Gasteiger partial charge is 0.311 e. The minimum Gasteiger partial charge on any atom is -0.311 e. The molecule has 0 spiro atoms. The second kappa shape index (κ2) is 7.09. The summed E-state index contributed by atoms with van der Waals surface area (Å²) < 4.78 is 3.08. The molecule has 1 heterocycles. The Bertz CT molecular complexity index is 419. The molecule has 0 aliphatic heterocycles.